The fraction of sp³-hybridized carbons (Fsp3) is 0.818. The Morgan fingerprint density at radius 1 is 1.40 bits per heavy atom. The fourth-order valence-electron chi connectivity index (χ4n) is 2.66. The molecule has 0 aromatic heterocycles. The van der Waals surface area contributed by atoms with Gasteiger partial charge < -0.3 is 10.0 Å². The molecule has 2 fully saturated rings. The second kappa shape index (κ2) is 3.83. The van der Waals surface area contributed by atoms with Crippen LogP contribution in [-0.2, 0) is 9.59 Å². The molecule has 0 aromatic rings. The molecule has 1 saturated carbocycles. The first-order valence-corrected chi connectivity index (χ1v) is 5.61. The number of likely N-dealkylation sites (tertiary alicyclic amines) is 1. The number of aliphatic carboxylic acids is 1. The van der Waals surface area contributed by atoms with Gasteiger partial charge in [0.05, 0.1) is 6.42 Å². The minimum atomic E-state index is -0.735. The van der Waals surface area contributed by atoms with Gasteiger partial charge in [-0.3, -0.25) is 9.59 Å². The molecule has 1 heterocycles. The van der Waals surface area contributed by atoms with Gasteiger partial charge in [0.15, 0.2) is 0 Å². The van der Waals surface area contributed by atoms with E-state index in [-0.39, 0.29) is 17.7 Å². The van der Waals surface area contributed by atoms with Gasteiger partial charge in [-0.05, 0) is 24.7 Å². The van der Waals surface area contributed by atoms with E-state index in [1.165, 1.54) is 0 Å². The molecule has 2 rings (SSSR count). The van der Waals surface area contributed by atoms with Crippen LogP contribution in [-0.4, -0.2) is 35.0 Å². The number of hydrogen-bond donors (Lipinski definition) is 1. The van der Waals surface area contributed by atoms with Crippen molar-refractivity contribution in [2.75, 3.05) is 13.1 Å². The molecule has 1 saturated heterocycles. The summed E-state index contributed by atoms with van der Waals surface area (Å²) in [6.07, 6.45) is 4.82. The van der Waals surface area contributed by atoms with Crippen molar-refractivity contribution in [3.8, 4) is 0 Å². The summed E-state index contributed by atoms with van der Waals surface area (Å²) in [5, 5.41) is 8.85. The summed E-state index contributed by atoms with van der Waals surface area (Å²) in [4.78, 5) is 24.1. The third-order valence-electron chi connectivity index (χ3n) is 3.64. The van der Waals surface area contributed by atoms with Crippen LogP contribution in [0.5, 0.6) is 0 Å². The monoisotopic (exact) mass is 211 g/mol. The highest BCUT2D eigenvalue weighted by Gasteiger charge is 2.41. The minimum absolute atomic E-state index is 0.105. The van der Waals surface area contributed by atoms with Crippen LogP contribution >= 0.6 is 0 Å². The average molecular weight is 211 g/mol. The lowest BCUT2D eigenvalue weighted by molar-refractivity contribution is -0.143. The predicted octanol–water partition coefficient (Wildman–Crippen LogP) is 1.25. The highest BCUT2D eigenvalue weighted by atomic mass is 16.4. The Bertz CT molecular complexity index is 284. The second-order valence-electron chi connectivity index (χ2n) is 4.84. The fourth-order valence-corrected chi connectivity index (χ4v) is 2.66. The lowest BCUT2D eigenvalue weighted by Crippen LogP contribution is -2.44. The van der Waals surface area contributed by atoms with E-state index in [1.54, 1.807) is 0 Å². The summed E-state index contributed by atoms with van der Waals surface area (Å²) in [5.74, 6) is -0.534. The van der Waals surface area contributed by atoms with Crippen LogP contribution in [0.1, 0.15) is 38.5 Å². The average Bonchev–Trinajstić information content (AvgIpc) is 2.47. The van der Waals surface area contributed by atoms with E-state index in [9.17, 15) is 9.59 Å². The number of rotatable bonds is 4. The highest BCUT2D eigenvalue weighted by Crippen LogP contribution is 2.45. The lowest BCUT2D eigenvalue weighted by atomic mass is 9.66. The Labute approximate surface area is 89.3 Å². The van der Waals surface area contributed by atoms with Gasteiger partial charge in [-0.15, -0.1) is 0 Å². The van der Waals surface area contributed by atoms with Crippen LogP contribution in [0.25, 0.3) is 0 Å². The smallest absolute Gasteiger partial charge is 0.303 e. The largest absolute Gasteiger partial charge is 0.481 e. The highest BCUT2D eigenvalue weighted by molar-refractivity contribution is 5.78. The Morgan fingerprint density at radius 3 is 2.53 bits per heavy atom. The molecule has 0 radical (unpaired) electrons. The van der Waals surface area contributed by atoms with Crippen molar-refractivity contribution in [2.45, 2.75) is 38.5 Å². The molecule has 1 aliphatic carbocycles. The first-order chi connectivity index (χ1) is 7.11. The van der Waals surface area contributed by atoms with Gasteiger partial charge in [0.25, 0.3) is 0 Å². The minimum Gasteiger partial charge on any atom is -0.481 e. The van der Waals surface area contributed by atoms with Crippen molar-refractivity contribution >= 4 is 11.9 Å². The molecular formula is C11H17NO3. The van der Waals surface area contributed by atoms with Crippen molar-refractivity contribution in [3.05, 3.63) is 0 Å². The Morgan fingerprint density at radius 2 is 2.13 bits per heavy atom. The van der Waals surface area contributed by atoms with E-state index in [0.717, 1.165) is 32.2 Å². The van der Waals surface area contributed by atoms with Gasteiger partial charge in [-0.1, -0.05) is 6.42 Å². The number of carboxylic acids is 1. The van der Waals surface area contributed by atoms with E-state index in [4.69, 9.17) is 5.11 Å². The van der Waals surface area contributed by atoms with Crippen molar-refractivity contribution in [3.63, 3.8) is 0 Å². The molecule has 0 bridgehead atoms. The van der Waals surface area contributed by atoms with Crippen LogP contribution in [0, 0.1) is 5.41 Å². The molecular weight excluding hydrogens is 194 g/mol. The standard InChI is InChI=1S/C11H17NO3/c13-9-3-1-6-12(9)8-11(4-2-5-11)7-10(14)15/h1-8H2,(H,14,15). The molecule has 0 atom stereocenters. The van der Waals surface area contributed by atoms with Gasteiger partial charge in [-0.2, -0.15) is 0 Å². The molecule has 0 spiro atoms. The zero-order valence-electron chi connectivity index (χ0n) is 8.87. The molecule has 1 N–H and O–H groups in total. The molecule has 1 aliphatic heterocycles. The van der Waals surface area contributed by atoms with Crippen molar-refractivity contribution in [1.29, 1.82) is 0 Å². The number of amides is 1. The van der Waals surface area contributed by atoms with Crippen LogP contribution in [0.2, 0.25) is 0 Å². The molecule has 15 heavy (non-hydrogen) atoms. The van der Waals surface area contributed by atoms with E-state index >= 15 is 0 Å². The maximum absolute atomic E-state index is 11.5. The van der Waals surface area contributed by atoms with Crippen molar-refractivity contribution in [1.82, 2.24) is 4.90 Å². The summed E-state index contributed by atoms with van der Waals surface area (Å²) in [7, 11) is 0. The van der Waals surface area contributed by atoms with Crippen LogP contribution in [0.3, 0.4) is 0 Å². The summed E-state index contributed by atoms with van der Waals surface area (Å²) in [6, 6.07) is 0. The molecule has 4 heteroatoms. The van der Waals surface area contributed by atoms with Gasteiger partial charge >= 0.3 is 5.97 Å². The third-order valence-corrected chi connectivity index (χ3v) is 3.64. The van der Waals surface area contributed by atoms with Gasteiger partial charge in [0, 0.05) is 19.5 Å². The normalized spacial score (nSPS) is 24.0. The van der Waals surface area contributed by atoms with Gasteiger partial charge in [-0.25, -0.2) is 0 Å². The molecule has 2 aliphatic rings. The van der Waals surface area contributed by atoms with Gasteiger partial charge in [0.2, 0.25) is 5.91 Å². The van der Waals surface area contributed by atoms with E-state index in [0.29, 0.717) is 13.0 Å². The first kappa shape index (κ1) is 10.5. The quantitative estimate of drug-likeness (QED) is 0.761. The molecule has 4 nitrogen and oxygen atoms in total. The number of carbonyl (C=O) groups excluding carboxylic acids is 1. The van der Waals surface area contributed by atoms with Gasteiger partial charge in [0.1, 0.15) is 0 Å². The SMILES string of the molecule is O=C(O)CC1(CN2CCCC2=O)CCC1. The van der Waals surface area contributed by atoms with Crippen LogP contribution < -0.4 is 0 Å². The third kappa shape index (κ3) is 2.13. The lowest BCUT2D eigenvalue weighted by Gasteiger charge is -2.43. The molecule has 1 amide bonds. The number of carboxylic acid groups (broad SMARTS) is 1. The zero-order chi connectivity index (χ0) is 10.9. The summed E-state index contributed by atoms with van der Waals surface area (Å²) < 4.78 is 0. The predicted molar refractivity (Wildman–Crippen MR) is 54.4 cm³/mol. The maximum atomic E-state index is 11.5. The van der Waals surface area contributed by atoms with Crippen LogP contribution in [0.4, 0.5) is 0 Å². The zero-order valence-corrected chi connectivity index (χ0v) is 8.87. The Kier molecular flexibility index (Phi) is 2.67. The second-order valence-corrected chi connectivity index (χ2v) is 4.84. The number of carbonyl (C=O) groups is 2. The Hall–Kier alpha value is -1.06. The number of nitrogens with zero attached hydrogens (tertiary/aromatic N) is 1. The topological polar surface area (TPSA) is 57.6 Å². The van der Waals surface area contributed by atoms with E-state index in [2.05, 4.69) is 0 Å². The number of hydrogen-bond acceptors (Lipinski definition) is 2. The molecule has 0 unspecified atom stereocenters. The summed E-state index contributed by atoms with van der Waals surface area (Å²) in [6.45, 7) is 1.48. The summed E-state index contributed by atoms with van der Waals surface area (Å²) in [5.41, 5.74) is -0.105. The Balaban J connectivity index is 1.95. The van der Waals surface area contributed by atoms with E-state index in [1.807, 2.05) is 4.90 Å². The summed E-state index contributed by atoms with van der Waals surface area (Å²) >= 11 is 0. The maximum Gasteiger partial charge on any atom is 0.303 e. The van der Waals surface area contributed by atoms with Crippen LogP contribution in [0.15, 0.2) is 0 Å². The van der Waals surface area contributed by atoms with Crippen molar-refractivity contribution in [2.24, 2.45) is 5.41 Å². The molecule has 0 aromatic carbocycles. The van der Waals surface area contributed by atoms with Crippen molar-refractivity contribution < 1.29 is 14.7 Å². The van der Waals surface area contributed by atoms with E-state index < -0.39 is 5.97 Å². The molecule has 84 valence electrons. The first-order valence-electron chi connectivity index (χ1n) is 5.61.